The molecule has 2 aromatic carbocycles. The number of ether oxygens (including phenoxy) is 1. The van der Waals surface area contributed by atoms with Crippen LogP contribution in [0.25, 0.3) is 0 Å². The SMILES string of the molecule is O=C(/C=N/N(c1ccccc1)c1ccccc1)O[C@H]1CCCCC[C@@H]1Br. The van der Waals surface area contributed by atoms with Crippen LogP contribution in [-0.4, -0.2) is 23.1 Å². The Morgan fingerprint density at radius 2 is 1.54 bits per heavy atom. The smallest absolute Gasteiger partial charge is 0.351 e. The van der Waals surface area contributed by atoms with E-state index >= 15 is 0 Å². The Bertz CT molecular complexity index is 682. The van der Waals surface area contributed by atoms with Crippen LogP contribution in [-0.2, 0) is 9.53 Å². The van der Waals surface area contributed by atoms with Crippen LogP contribution in [0.1, 0.15) is 32.1 Å². The molecule has 0 saturated heterocycles. The molecule has 0 bridgehead atoms. The molecule has 4 nitrogen and oxygen atoms in total. The van der Waals surface area contributed by atoms with E-state index < -0.39 is 5.97 Å². The third-order valence-corrected chi connectivity index (χ3v) is 5.47. The normalized spacial score (nSPS) is 20.5. The van der Waals surface area contributed by atoms with Gasteiger partial charge in [0.05, 0.1) is 16.2 Å². The van der Waals surface area contributed by atoms with E-state index in [1.165, 1.54) is 19.1 Å². The van der Waals surface area contributed by atoms with Crippen molar-refractivity contribution >= 4 is 39.5 Å². The van der Waals surface area contributed by atoms with Gasteiger partial charge in [0.25, 0.3) is 0 Å². The zero-order valence-electron chi connectivity index (χ0n) is 14.6. The van der Waals surface area contributed by atoms with Crippen molar-refractivity contribution in [2.45, 2.75) is 43.0 Å². The van der Waals surface area contributed by atoms with Gasteiger partial charge in [-0.3, -0.25) is 0 Å². The topological polar surface area (TPSA) is 41.9 Å². The van der Waals surface area contributed by atoms with Crippen molar-refractivity contribution in [2.75, 3.05) is 5.01 Å². The molecule has 1 saturated carbocycles. The van der Waals surface area contributed by atoms with Crippen LogP contribution in [0, 0.1) is 0 Å². The highest BCUT2D eigenvalue weighted by atomic mass is 79.9. The summed E-state index contributed by atoms with van der Waals surface area (Å²) in [6, 6.07) is 19.5. The van der Waals surface area contributed by atoms with Crippen LogP contribution in [0.2, 0.25) is 0 Å². The molecule has 0 aliphatic heterocycles. The molecule has 0 spiro atoms. The molecule has 26 heavy (non-hydrogen) atoms. The lowest BCUT2D eigenvalue weighted by Gasteiger charge is -2.21. The molecule has 2 atom stereocenters. The van der Waals surface area contributed by atoms with E-state index in [9.17, 15) is 4.79 Å². The lowest BCUT2D eigenvalue weighted by atomic mass is 10.1. The molecule has 0 N–H and O–H groups in total. The Morgan fingerprint density at radius 3 is 2.15 bits per heavy atom. The second-order valence-corrected chi connectivity index (χ2v) is 7.53. The van der Waals surface area contributed by atoms with Gasteiger partial charge in [0.1, 0.15) is 12.3 Å². The molecule has 136 valence electrons. The number of carbonyl (C=O) groups excluding carboxylic acids is 1. The molecular weight excluding hydrogens is 392 g/mol. The van der Waals surface area contributed by atoms with Gasteiger partial charge < -0.3 is 4.74 Å². The van der Waals surface area contributed by atoms with Gasteiger partial charge >= 0.3 is 5.97 Å². The number of para-hydroxylation sites is 2. The molecule has 0 heterocycles. The summed E-state index contributed by atoms with van der Waals surface area (Å²) in [5.41, 5.74) is 1.77. The average molecular weight is 415 g/mol. The first-order chi connectivity index (χ1) is 12.7. The van der Waals surface area contributed by atoms with Gasteiger partial charge in [0.2, 0.25) is 0 Å². The Labute approximate surface area is 163 Å². The number of benzene rings is 2. The number of carbonyl (C=O) groups is 1. The van der Waals surface area contributed by atoms with Crippen molar-refractivity contribution in [1.82, 2.24) is 0 Å². The quantitative estimate of drug-likeness (QED) is 0.214. The van der Waals surface area contributed by atoms with Crippen LogP contribution in [0.4, 0.5) is 11.4 Å². The zero-order valence-corrected chi connectivity index (χ0v) is 16.2. The number of alkyl halides is 1. The van der Waals surface area contributed by atoms with Crippen molar-refractivity contribution in [1.29, 1.82) is 0 Å². The third kappa shape index (κ3) is 5.18. The number of anilines is 2. The number of esters is 1. The summed E-state index contributed by atoms with van der Waals surface area (Å²) < 4.78 is 5.64. The number of hydrazone groups is 1. The van der Waals surface area contributed by atoms with Crippen molar-refractivity contribution in [3.05, 3.63) is 60.7 Å². The standard InChI is InChI=1S/C21H23BrN2O2/c22-19-14-8-3-9-15-20(19)26-21(25)16-23-24(17-10-4-1-5-11-17)18-12-6-2-7-13-18/h1-2,4-7,10-13,16,19-20H,3,8-9,14-15H2/b23-16+/t19-,20-/m0/s1. The number of nitrogens with zero attached hydrogens (tertiary/aromatic N) is 2. The van der Waals surface area contributed by atoms with E-state index in [1.807, 2.05) is 60.7 Å². The van der Waals surface area contributed by atoms with Crippen molar-refractivity contribution in [3.8, 4) is 0 Å². The minimum absolute atomic E-state index is 0.0849. The first-order valence-electron chi connectivity index (χ1n) is 9.03. The summed E-state index contributed by atoms with van der Waals surface area (Å²) in [6.07, 6.45) is 6.58. The first-order valence-corrected chi connectivity index (χ1v) is 9.94. The lowest BCUT2D eigenvalue weighted by Crippen LogP contribution is -2.27. The van der Waals surface area contributed by atoms with E-state index in [-0.39, 0.29) is 10.9 Å². The largest absolute Gasteiger partial charge is 0.457 e. The van der Waals surface area contributed by atoms with Crippen LogP contribution in [0.3, 0.4) is 0 Å². The van der Waals surface area contributed by atoms with E-state index in [1.54, 1.807) is 5.01 Å². The highest BCUT2D eigenvalue weighted by molar-refractivity contribution is 9.09. The van der Waals surface area contributed by atoms with Crippen LogP contribution in [0.5, 0.6) is 0 Å². The summed E-state index contributed by atoms with van der Waals surface area (Å²) in [5.74, 6) is -0.404. The second-order valence-electron chi connectivity index (χ2n) is 6.36. The maximum atomic E-state index is 12.3. The van der Waals surface area contributed by atoms with Gasteiger partial charge in [-0.05, 0) is 43.5 Å². The molecule has 0 unspecified atom stereocenters. The predicted molar refractivity (Wildman–Crippen MR) is 109 cm³/mol. The summed E-state index contributed by atoms with van der Waals surface area (Å²) in [7, 11) is 0. The molecule has 2 aromatic rings. The first kappa shape index (κ1) is 18.6. The molecule has 3 rings (SSSR count). The molecule has 1 aliphatic carbocycles. The molecular formula is C21H23BrN2O2. The second kappa shape index (κ2) is 9.53. The molecule has 1 fully saturated rings. The Balaban J connectivity index is 1.73. The Hall–Kier alpha value is -2.14. The number of rotatable bonds is 5. The molecule has 0 amide bonds. The Kier molecular flexibility index (Phi) is 6.83. The van der Waals surface area contributed by atoms with Crippen LogP contribution in [0.15, 0.2) is 65.8 Å². The van der Waals surface area contributed by atoms with Crippen molar-refractivity contribution in [2.24, 2.45) is 5.10 Å². The van der Waals surface area contributed by atoms with Gasteiger partial charge in [0.15, 0.2) is 0 Å². The zero-order chi connectivity index (χ0) is 18.2. The van der Waals surface area contributed by atoms with Gasteiger partial charge in [-0.25, -0.2) is 9.80 Å². The third-order valence-electron chi connectivity index (χ3n) is 4.42. The van der Waals surface area contributed by atoms with E-state index in [2.05, 4.69) is 21.0 Å². The minimum Gasteiger partial charge on any atom is -0.457 e. The highest BCUT2D eigenvalue weighted by Crippen LogP contribution is 2.27. The van der Waals surface area contributed by atoms with E-state index in [0.29, 0.717) is 0 Å². The number of hydrogen-bond donors (Lipinski definition) is 0. The van der Waals surface area contributed by atoms with Gasteiger partial charge in [0, 0.05) is 0 Å². The average Bonchev–Trinajstić information content (AvgIpc) is 2.88. The van der Waals surface area contributed by atoms with E-state index in [4.69, 9.17) is 4.74 Å². The number of halogens is 1. The Morgan fingerprint density at radius 1 is 0.962 bits per heavy atom. The lowest BCUT2D eigenvalue weighted by molar-refractivity contribution is -0.140. The highest BCUT2D eigenvalue weighted by Gasteiger charge is 2.24. The number of hydrogen-bond acceptors (Lipinski definition) is 4. The van der Waals surface area contributed by atoms with Crippen LogP contribution >= 0.6 is 15.9 Å². The van der Waals surface area contributed by atoms with Crippen molar-refractivity contribution < 1.29 is 9.53 Å². The molecule has 1 aliphatic rings. The van der Waals surface area contributed by atoms with E-state index in [0.717, 1.165) is 30.6 Å². The monoisotopic (exact) mass is 414 g/mol. The molecule has 0 radical (unpaired) electrons. The summed E-state index contributed by atoms with van der Waals surface area (Å²) in [5, 5.41) is 6.13. The van der Waals surface area contributed by atoms with Gasteiger partial charge in [-0.1, -0.05) is 65.2 Å². The van der Waals surface area contributed by atoms with Gasteiger partial charge in [-0.2, -0.15) is 5.10 Å². The maximum absolute atomic E-state index is 12.3. The predicted octanol–water partition coefficient (Wildman–Crippen LogP) is 5.45. The fraction of sp³-hybridized carbons (Fsp3) is 0.333. The van der Waals surface area contributed by atoms with Crippen molar-refractivity contribution in [3.63, 3.8) is 0 Å². The minimum atomic E-state index is -0.404. The van der Waals surface area contributed by atoms with Crippen LogP contribution < -0.4 is 5.01 Å². The molecule has 0 aromatic heterocycles. The molecule has 5 heteroatoms. The summed E-state index contributed by atoms with van der Waals surface area (Å²) in [4.78, 5) is 12.5. The fourth-order valence-corrected chi connectivity index (χ4v) is 3.76. The summed E-state index contributed by atoms with van der Waals surface area (Å²) in [6.45, 7) is 0. The van der Waals surface area contributed by atoms with Gasteiger partial charge in [-0.15, -0.1) is 0 Å². The maximum Gasteiger partial charge on any atom is 0.351 e. The summed E-state index contributed by atoms with van der Waals surface area (Å²) >= 11 is 3.65. The fourth-order valence-electron chi connectivity index (χ4n) is 3.07.